The zero-order chi connectivity index (χ0) is 26.6. The summed E-state index contributed by atoms with van der Waals surface area (Å²) in [4.78, 5) is 24.6. The van der Waals surface area contributed by atoms with Gasteiger partial charge < -0.3 is 19.5 Å². The van der Waals surface area contributed by atoms with Crippen molar-refractivity contribution in [1.82, 2.24) is 10.7 Å². The third-order valence-corrected chi connectivity index (χ3v) is 5.79. The largest absolute Gasteiger partial charge is 0.497 e. The molecule has 1 atom stereocenters. The van der Waals surface area contributed by atoms with Gasteiger partial charge >= 0.3 is 0 Å². The Bertz CT molecular complexity index is 1210. The first-order valence-electron chi connectivity index (χ1n) is 11.8. The number of benzene rings is 3. The molecule has 0 aliphatic heterocycles. The van der Waals surface area contributed by atoms with Gasteiger partial charge in [-0.3, -0.25) is 9.59 Å². The summed E-state index contributed by atoms with van der Waals surface area (Å²) in [5.41, 5.74) is 5.02. The first-order valence-corrected chi connectivity index (χ1v) is 12.6. The normalized spacial score (nSPS) is 11.6. The highest BCUT2D eigenvalue weighted by atomic mass is 79.9. The molecule has 0 aromatic heterocycles. The van der Waals surface area contributed by atoms with Crippen molar-refractivity contribution in [3.05, 3.63) is 87.9 Å². The standard InChI is InChI=1S/C28H30BrN3O5/c1-4-36-26-15-22(9-14-25(26)37-18-21-5-10-23(29)11-6-21)17-30-32-28(34)19(2)31-27(33)16-20-7-12-24(35-3)13-8-20/h5-15,17,19H,4,16,18H2,1-3H3,(H,31,33)(H,32,34). The zero-order valence-electron chi connectivity index (χ0n) is 21.0. The molecule has 9 heteroatoms. The lowest BCUT2D eigenvalue weighted by Crippen LogP contribution is -2.43. The van der Waals surface area contributed by atoms with Crippen LogP contribution in [-0.4, -0.2) is 37.8 Å². The molecule has 0 aliphatic rings. The van der Waals surface area contributed by atoms with Gasteiger partial charge in [-0.15, -0.1) is 0 Å². The Morgan fingerprint density at radius 3 is 2.35 bits per heavy atom. The van der Waals surface area contributed by atoms with Gasteiger partial charge in [0.05, 0.1) is 26.4 Å². The van der Waals surface area contributed by atoms with E-state index in [9.17, 15) is 9.59 Å². The number of ether oxygens (including phenoxy) is 3. The van der Waals surface area contributed by atoms with Gasteiger partial charge in [0.2, 0.25) is 5.91 Å². The van der Waals surface area contributed by atoms with E-state index < -0.39 is 11.9 Å². The monoisotopic (exact) mass is 567 g/mol. The van der Waals surface area contributed by atoms with Crippen LogP contribution in [0.5, 0.6) is 17.2 Å². The van der Waals surface area contributed by atoms with E-state index in [2.05, 4.69) is 31.8 Å². The third kappa shape index (κ3) is 8.95. The number of amides is 2. The smallest absolute Gasteiger partial charge is 0.262 e. The fourth-order valence-corrected chi connectivity index (χ4v) is 3.55. The highest BCUT2D eigenvalue weighted by molar-refractivity contribution is 9.10. The van der Waals surface area contributed by atoms with Crippen LogP contribution < -0.4 is 25.0 Å². The molecular formula is C28H30BrN3O5. The Morgan fingerprint density at radius 2 is 1.68 bits per heavy atom. The summed E-state index contributed by atoms with van der Waals surface area (Å²) in [6.07, 6.45) is 1.66. The van der Waals surface area contributed by atoms with Crippen LogP contribution in [0.2, 0.25) is 0 Å². The number of hydrazone groups is 1. The van der Waals surface area contributed by atoms with Crippen LogP contribution in [0.4, 0.5) is 0 Å². The Kier molecular flexibility index (Phi) is 10.5. The molecule has 0 aliphatic carbocycles. The molecular weight excluding hydrogens is 538 g/mol. The molecule has 3 aromatic rings. The van der Waals surface area contributed by atoms with Gasteiger partial charge in [-0.25, -0.2) is 5.43 Å². The van der Waals surface area contributed by atoms with E-state index in [1.54, 1.807) is 50.4 Å². The molecule has 2 N–H and O–H groups in total. The van der Waals surface area contributed by atoms with Crippen LogP contribution >= 0.6 is 15.9 Å². The minimum absolute atomic E-state index is 0.154. The van der Waals surface area contributed by atoms with Gasteiger partial charge in [-0.05, 0) is 73.0 Å². The average Bonchev–Trinajstić information content (AvgIpc) is 2.89. The molecule has 194 valence electrons. The number of carbonyl (C=O) groups excluding carboxylic acids is 2. The summed E-state index contributed by atoms with van der Waals surface area (Å²) in [5, 5.41) is 6.69. The van der Waals surface area contributed by atoms with Crippen molar-refractivity contribution in [2.75, 3.05) is 13.7 Å². The maximum atomic E-state index is 12.4. The van der Waals surface area contributed by atoms with Gasteiger partial charge in [-0.2, -0.15) is 5.10 Å². The van der Waals surface area contributed by atoms with Crippen molar-refractivity contribution < 1.29 is 23.8 Å². The predicted molar refractivity (Wildman–Crippen MR) is 146 cm³/mol. The van der Waals surface area contributed by atoms with Crippen molar-refractivity contribution in [3.8, 4) is 17.2 Å². The predicted octanol–water partition coefficient (Wildman–Crippen LogP) is 4.63. The number of hydrogen-bond donors (Lipinski definition) is 2. The third-order valence-electron chi connectivity index (χ3n) is 5.26. The SMILES string of the molecule is CCOc1cc(C=NNC(=O)C(C)NC(=O)Cc2ccc(OC)cc2)ccc1OCc1ccc(Br)cc1. The highest BCUT2D eigenvalue weighted by Gasteiger charge is 2.15. The summed E-state index contributed by atoms with van der Waals surface area (Å²) in [6.45, 7) is 4.37. The Labute approximate surface area is 225 Å². The molecule has 2 amide bonds. The van der Waals surface area contributed by atoms with Crippen LogP contribution in [0.3, 0.4) is 0 Å². The minimum atomic E-state index is -0.753. The topological polar surface area (TPSA) is 98.2 Å². The van der Waals surface area contributed by atoms with Crippen molar-refractivity contribution in [2.24, 2.45) is 5.10 Å². The van der Waals surface area contributed by atoms with E-state index in [-0.39, 0.29) is 12.3 Å². The number of nitrogens with zero attached hydrogens (tertiary/aromatic N) is 1. The molecule has 37 heavy (non-hydrogen) atoms. The van der Waals surface area contributed by atoms with E-state index in [1.165, 1.54) is 6.21 Å². The Morgan fingerprint density at radius 1 is 0.973 bits per heavy atom. The van der Waals surface area contributed by atoms with E-state index in [0.717, 1.165) is 21.2 Å². The quantitative estimate of drug-likeness (QED) is 0.245. The molecule has 0 saturated carbocycles. The van der Waals surface area contributed by atoms with Crippen LogP contribution in [-0.2, 0) is 22.6 Å². The van der Waals surface area contributed by atoms with Crippen LogP contribution in [0.1, 0.15) is 30.5 Å². The summed E-state index contributed by atoms with van der Waals surface area (Å²) in [7, 11) is 1.58. The highest BCUT2D eigenvalue weighted by Crippen LogP contribution is 2.29. The molecule has 3 aromatic carbocycles. The van der Waals surface area contributed by atoms with Crippen molar-refractivity contribution in [2.45, 2.75) is 32.9 Å². The van der Waals surface area contributed by atoms with Crippen LogP contribution in [0.15, 0.2) is 76.3 Å². The van der Waals surface area contributed by atoms with Gasteiger partial charge in [0, 0.05) is 4.47 Å². The average molecular weight is 568 g/mol. The molecule has 0 bridgehead atoms. The summed E-state index contributed by atoms with van der Waals surface area (Å²) < 4.78 is 17.8. The lowest BCUT2D eigenvalue weighted by atomic mass is 10.1. The first kappa shape index (κ1) is 27.7. The molecule has 0 saturated heterocycles. The maximum absolute atomic E-state index is 12.4. The second-order valence-electron chi connectivity index (χ2n) is 8.10. The number of rotatable bonds is 12. The van der Waals surface area contributed by atoms with Gasteiger partial charge in [-0.1, -0.05) is 40.2 Å². The number of nitrogens with one attached hydrogen (secondary N) is 2. The van der Waals surface area contributed by atoms with Crippen molar-refractivity contribution in [3.63, 3.8) is 0 Å². The van der Waals surface area contributed by atoms with Gasteiger partial charge in [0.15, 0.2) is 11.5 Å². The van der Waals surface area contributed by atoms with E-state index in [4.69, 9.17) is 14.2 Å². The van der Waals surface area contributed by atoms with Crippen LogP contribution in [0.25, 0.3) is 0 Å². The Balaban J connectivity index is 1.51. The van der Waals surface area contributed by atoms with E-state index in [0.29, 0.717) is 30.5 Å². The fraction of sp³-hybridized carbons (Fsp3) is 0.250. The van der Waals surface area contributed by atoms with Crippen LogP contribution in [0, 0.1) is 0 Å². The summed E-state index contributed by atoms with van der Waals surface area (Å²) in [6, 6.07) is 19.7. The molecule has 1 unspecified atom stereocenters. The number of carbonyl (C=O) groups is 2. The lowest BCUT2D eigenvalue weighted by Gasteiger charge is -2.13. The van der Waals surface area contributed by atoms with Crippen molar-refractivity contribution in [1.29, 1.82) is 0 Å². The van der Waals surface area contributed by atoms with Crippen molar-refractivity contribution >= 4 is 34.0 Å². The fourth-order valence-electron chi connectivity index (χ4n) is 3.29. The maximum Gasteiger partial charge on any atom is 0.262 e. The molecule has 0 spiro atoms. The first-order chi connectivity index (χ1) is 17.9. The molecule has 8 nitrogen and oxygen atoms in total. The molecule has 0 heterocycles. The van der Waals surface area contributed by atoms with E-state index in [1.807, 2.05) is 37.3 Å². The number of halogens is 1. The molecule has 3 rings (SSSR count). The van der Waals surface area contributed by atoms with Gasteiger partial charge in [0.25, 0.3) is 5.91 Å². The second kappa shape index (κ2) is 14.0. The number of methoxy groups -OCH3 is 1. The summed E-state index contributed by atoms with van der Waals surface area (Å²) in [5.74, 6) is 1.20. The zero-order valence-corrected chi connectivity index (χ0v) is 22.6. The lowest BCUT2D eigenvalue weighted by molar-refractivity contribution is -0.128. The van der Waals surface area contributed by atoms with Gasteiger partial charge in [0.1, 0.15) is 18.4 Å². The summed E-state index contributed by atoms with van der Waals surface area (Å²) >= 11 is 3.42. The minimum Gasteiger partial charge on any atom is -0.497 e. The second-order valence-corrected chi connectivity index (χ2v) is 9.02. The Hall–Kier alpha value is -3.85. The molecule has 0 fully saturated rings. The molecule has 0 radical (unpaired) electrons. The number of hydrogen-bond acceptors (Lipinski definition) is 6. The van der Waals surface area contributed by atoms with E-state index >= 15 is 0 Å².